The molecule has 98 valence electrons. The summed E-state index contributed by atoms with van der Waals surface area (Å²) in [6, 6.07) is 0. The first-order valence-electron chi connectivity index (χ1n) is 5.77. The van der Waals surface area contributed by atoms with Gasteiger partial charge in [-0.1, -0.05) is 0 Å². The summed E-state index contributed by atoms with van der Waals surface area (Å²) in [5.74, 6) is -0.185. The number of carbonyl (C=O) groups is 2. The van der Waals surface area contributed by atoms with E-state index in [1.807, 2.05) is 0 Å². The molecule has 0 saturated carbocycles. The molecule has 1 aliphatic heterocycles. The summed E-state index contributed by atoms with van der Waals surface area (Å²) < 4.78 is 5.19. The quantitative estimate of drug-likeness (QED) is 0.708. The highest BCUT2D eigenvalue weighted by molar-refractivity contribution is 5.94. The van der Waals surface area contributed by atoms with Crippen molar-refractivity contribution in [3.05, 3.63) is 0 Å². The maximum absolute atomic E-state index is 12.3. The molecule has 0 aromatic heterocycles. The van der Waals surface area contributed by atoms with E-state index in [0.29, 0.717) is 13.1 Å². The lowest BCUT2D eigenvalue weighted by atomic mass is 9.94. The molecule has 0 radical (unpaired) electrons. The van der Waals surface area contributed by atoms with Gasteiger partial charge in [-0.25, -0.2) is 0 Å². The van der Waals surface area contributed by atoms with Crippen LogP contribution < -0.4 is 0 Å². The van der Waals surface area contributed by atoms with Crippen LogP contribution in [0.5, 0.6) is 0 Å². The molecule has 17 heavy (non-hydrogen) atoms. The molecule has 0 aliphatic carbocycles. The minimum Gasteiger partial charge on any atom is -0.369 e. The SMILES string of the molecule is COC(C)(C)C(=O)N1CCN(C)C(=O)C1(C)C. The van der Waals surface area contributed by atoms with Gasteiger partial charge in [0.2, 0.25) is 5.91 Å². The van der Waals surface area contributed by atoms with Crippen molar-refractivity contribution in [3.63, 3.8) is 0 Å². The Balaban J connectivity index is 3.00. The van der Waals surface area contributed by atoms with Gasteiger partial charge in [0.15, 0.2) is 0 Å². The average Bonchev–Trinajstić information content (AvgIpc) is 2.25. The number of likely N-dealkylation sites (N-methyl/N-ethyl adjacent to an activating group) is 1. The van der Waals surface area contributed by atoms with E-state index in [2.05, 4.69) is 0 Å². The van der Waals surface area contributed by atoms with E-state index in [-0.39, 0.29) is 11.8 Å². The van der Waals surface area contributed by atoms with Crippen molar-refractivity contribution in [1.29, 1.82) is 0 Å². The molecule has 1 fully saturated rings. The number of hydrogen-bond donors (Lipinski definition) is 0. The monoisotopic (exact) mass is 242 g/mol. The molecule has 5 heteroatoms. The highest BCUT2D eigenvalue weighted by atomic mass is 16.5. The lowest BCUT2D eigenvalue weighted by Crippen LogP contribution is -2.66. The number of methoxy groups -OCH3 is 1. The molecule has 2 amide bonds. The highest BCUT2D eigenvalue weighted by Crippen LogP contribution is 2.25. The zero-order valence-corrected chi connectivity index (χ0v) is 11.5. The summed E-state index contributed by atoms with van der Waals surface area (Å²) in [5.41, 5.74) is -1.70. The summed E-state index contributed by atoms with van der Waals surface area (Å²) in [6.07, 6.45) is 0. The Bertz CT molecular complexity index is 337. The second kappa shape index (κ2) is 4.29. The fraction of sp³-hybridized carbons (Fsp3) is 0.833. The minimum absolute atomic E-state index is 0.0380. The number of amides is 2. The van der Waals surface area contributed by atoms with Crippen LogP contribution in [-0.2, 0) is 14.3 Å². The second-order valence-corrected chi connectivity index (χ2v) is 5.46. The third-order valence-electron chi connectivity index (χ3n) is 3.47. The van der Waals surface area contributed by atoms with Gasteiger partial charge >= 0.3 is 0 Å². The molecule has 0 atom stereocenters. The van der Waals surface area contributed by atoms with E-state index in [9.17, 15) is 9.59 Å². The Labute approximate surface area is 103 Å². The van der Waals surface area contributed by atoms with Crippen LogP contribution in [0.2, 0.25) is 0 Å². The van der Waals surface area contributed by atoms with Gasteiger partial charge in [-0.05, 0) is 27.7 Å². The van der Waals surface area contributed by atoms with Gasteiger partial charge in [0, 0.05) is 27.2 Å². The van der Waals surface area contributed by atoms with E-state index < -0.39 is 11.1 Å². The smallest absolute Gasteiger partial charge is 0.255 e. The van der Waals surface area contributed by atoms with E-state index in [1.54, 1.807) is 44.5 Å². The number of nitrogens with zero attached hydrogens (tertiary/aromatic N) is 2. The third kappa shape index (κ3) is 2.29. The van der Waals surface area contributed by atoms with Gasteiger partial charge in [-0.2, -0.15) is 0 Å². The third-order valence-corrected chi connectivity index (χ3v) is 3.47. The average molecular weight is 242 g/mol. The van der Waals surface area contributed by atoms with Crippen molar-refractivity contribution < 1.29 is 14.3 Å². The zero-order valence-electron chi connectivity index (χ0n) is 11.5. The highest BCUT2D eigenvalue weighted by Gasteiger charge is 2.46. The number of carbonyl (C=O) groups excluding carboxylic acids is 2. The van der Waals surface area contributed by atoms with Crippen LogP contribution in [0, 0.1) is 0 Å². The van der Waals surface area contributed by atoms with E-state index in [4.69, 9.17) is 4.74 Å². The maximum atomic E-state index is 12.3. The van der Waals surface area contributed by atoms with Crippen molar-refractivity contribution >= 4 is 11.8 Å². The van der Waals surface area contributed by atoms with Crippen LogP contribution in [0.25, 0.3) is 0 Å². The number of hydrogen-bond acceptors (Lipinski definition) is 3. The zero-order chi connectivity index (χ0) is 13.4. The Hall–Kier alpha value is -1.10. The molecule has 0 bridgehead atoms. The number of piperazine rings is 1. The van der Waals surface area contributed by atoms with Crippen LogP contribution in [0.1, 0.15) is 27.7 Å². The Morgan fingerprint density at radius 1 is 1.35 bits per heavy atom. The molecule has 1 saturated heterocycles. The molecule has 0 unspecified atom stereocenters. The normalized spacial score (nSPS) is 20.7. The predicted molar refractivity (Wildman–Crippen MR) is 64.5 cm³/mol. The van der Waals surface area contributed by atoms with Gasteiger partial charge < -0.3 is 14.5 Å². The van der Waals surface area contributed by atoms with Crippen molar-refractivity contribution in [3.8, 4) is 0 Å². The molecule has 0 N–H and O–H groups in total. The van der Waals surface area contributed by atoms with Crippen LogP contribution in [-0.4, -0.2) is 60.0 Å². The van der Waals surface area contributed by atoms with Gasteiger partial charge in [-0.3, -0.25) is 9.59 Å². The minimum atomic E-state index is -0.895. The molecule has 1 aliphatic rings. The first-order chi connectivity index (χ1) is 7.64. The fourth-order valence-electron chi connectivity index (χ4n) is 1.98. The predicted octanol–water partition coefficient (Wildman–Crippen LogP) is 0.491. The first-order valence-corrected chi connectivity index (χ1v) is 5.77. The maximum Gasteiger partial charge on any atom is 0.255 e. The molecule has 1 rings (SSSR count). The molecule has 0 aromatic rings. The summed E-state index contributed by atoms with van der Waals surface area (Å²) in [6.45, 7) is 8.08. The van der Waals surface area contributed by atoms with Crippen LogP contribution in [0.4, 0.5) is 0 Å². The molecule has 5 nitrogen and oxygen atoms in total. The van der Waals surface area contributed by atoms with Gasteiger partial charge in [0.25, 0.3) is 5.91 Å². The molecule has 0 aromatic carbocycles. The standard InChI is InChI=1S/C12H22N2O3/c1-11(2)9(15)13(5)7-8-14(11)10(16)12(3,4)17-6/h7-8H2,1-6H3. The van der Waals surface area contributed by atoms with Crippen LogP contribution >= 0.6 is 0 Å². The molecule has 1 heterocycles. The number of ether oxygens (including phenoxy) is 1. The largest absolute Gasteiger partial charge is 0.369 e. The van der Waals surface area contributed by atoms with Crippen molar-refractivity contribution in [1.82, 2.24) is 9.80 Å². The number of rotatable bonds is 2. The molecular weight excluding hydrogens is 220 g/mol. The van der Waals surface area contributed by atoms with Gasteiger partial charge in [-0.15, -0.1) is 0 Å². The van der Waals surface area contributed by atoms with Crippen molar-refractivity contribution in [2.75, 3.05) is 27.2 Å². The summed E-state index contributed by atoms with van der Waals surface area (Å²) in [5, 5.41) is 0. The second-order valence-electron chi connectivity index (χ2n) is 5.46. The lowest BCUT2D eigenvalue weighted by Gasteiger charge is -2.46. The molecule has 0 spiro atoms. The Kier molecular flexibility index (Phi) is 3.52. The van der Waals surface area contributed by atoms with E-state index in [1.165, 1.54) is 7.11 Å². The topological polar surface area (TPSA) is 49.9 Å². The fourth-order valence-corrected chi connectivity index (χ4v) is 1.98. The summed E-state index contributed by atoms with van der Waals surface area (Å²) >= 11 is 0. The van der Waals surface area contributed by atoms with Crippen LogP contribution in [0.3, 0.4) is 0 Å². The first kappa shape index (κ1) is 14.0. The van der Waals surface area contributed by atoms with E-state index >= 15 is 0 Å². The van der Waals surface area contributed by atoms with Crippen molar-refractivity contribution in [2.24, 2.45) is 0 Å². The van der Waals surface area contributed by atoms with Crippen molar-refractivity contribution in [2.45, 2.75) is 38.8 Å². The van der Waals surface area contributed by atoms with Gasteiger partial charge in [0.05, 0.1) is 0 Å². The lowest BCUT2D eigenvalue weighted by molar-refractivity contribution is -0.168. The summed E-state index contributed by atoms with van der Waals surface area (Å²) in [7, 11) is 3.26. The van der Waals surface area contributed by atoms with Gasteiger partial charge in [0.1, 0.15) is 11.1 Å². The Morgan fingerprint density at radius 3 is 2.35 bits per heavy atom. The van der Waals surface area contributed by atoms with Crippen LogP contribution in [0.15, 0.2) is 0 Å². The molecular formula is C12H22N2O3. The Morgan fingerprint density at radius 2 is 1.88 bits per heavy atom. The summed E-state index contributed by atoms with van der Waals surface area (Å²) in [4.78, 5) is 27.7. The van der Waals surface area contributed by atoms with E-state index in [0.717, 1.165) is 0 Å².